The Labute approximate surface area is 125 Å². The number of esters is 1. The van der Waals surface area contributed by atoms with Crippen LogP contribution >= 0.6 is 0 Å². The second kappa shape index (κ2) is 7.53. The van der Waals surface area contributed by atoms with Crippen LogP contribution in [-0.4, -0.2) is 52.1 Å². The number of methoxy groups -OCH3 is 1. The summed E-state index contributed by atoms with van der Waals surface area (Å²) in [6, 6.07) is 5.98. The third-order valence-electron chi connectivity index (χ3n) is 2.84. The van der Waals surface area contributed by atoms with Crippen molar-refractivity contribution in [1.29, 1.82) is 0 Å². The van der Waals surface area contributed by atoms with Gasteiger partial charge in [0.1, 0.15) is 0 Å². The van der Waals surface area contributed by atoms with Crippen molar-refractivity contribution in [2.24, 2.45) is 0 Å². The summed E-state index contributed by atoms with van der Waals surface area (Å²) in [5.41, 5.74) is 0.0247. The van der Waals surface area contributed by atoms with Crippen molar-refractivity contribution in [3.63, 3.8) is 0 Å². The van der Waals surface area contributed by atoms with E-state index in [0.717, 1.165) is 4.31 Å². The van der Waals surface area contributed by atoms with Crippen molar-refractivity contribution in [2.75, 3.05) is 27.3 Å². The normalized spacial score (nSPS) is 11.9. The van der Waals surface area contributed by atoms with E-state index in [-0.39, 0.29) is 29.7 Å². The molecule has 0 aliphatic heterocycles. The number of nitrogens with zero attached hydrogens (tertiary/aromatic N) is 1. The van der Waals surface area contributed by atoms with Crippen molar-refractivity contribution in [1.82, 2.24) is 4.31 Å². The van der Waals surface area contributed by atoms with Crippen molar-refractivity contribution in [3.8, 4) is 0 Å². The van der Waals surface area contributed by atoms with E-state index in [0.29, 0.717) is 0 Å². The Bertz CT molecular complexity index is 583. The van der Waals surface area contributed by atoms with Gasteiger partial charge in [0.2, 0.25) is 10.0 Å². The minimum absolute atomic E-state index is 0.0247. The molecule has 0 aromatic heterocycles. The molecule has 0 aliphatic rings. The Morgan fingerprint density at radius 1 is 1.29 bits per heavy atom. The van der Waals surface area contributed by atoms with Crippen LogP contribution in [0.25, 0.3) is 0 Å². The van der Waals surface area contributed by atoms with Crippen LogP contribution in [0.1, 0.15) is 24.2 Å². The van der Waals surface area contributed by atoms with E-state index in [1.807, 2.05) is 13.8 Å². The summed E-state index contributed by atoms with van der Waals surface area (Å²) in [4.78, 5) is 11.6. The van der Waals surface area contributed by atoms with Crippen LogP contribution in [0.3, 0.4) is 0 Å². The number of hydrogen-bond donors (Lipinski definition) is 0. The van der Waals surface area contributed by atoms with Crippen molar-refractivity contribution < 1.29 is 22.7 Å². The van der Waals surface area contributed by atoms with E-state index < -0.39 is 16.0 Å². The summed E-state index contributed by atoms with van der Waals surface area (Å²) in [6.07, 6.45) is 0.0310. The van der Waals surface area contributed by atoms with E-state index >= 15 is 0 Å². The average Bonchev–Trinajstić information content (AvgIpc) is 2.45. The molecular formula is C14H21NO5S. The molecule has 0 fully saturated rings. The number of ether oxygens (including phenoxy) is 2. The van der Waals surface area contributed by atoms with Crippen LogP contribution in [0.5, 0.6) is 0 Å². The third-order valence-corrected chi connectivity index (χ3v) is 4.75. The fourth-order valence-electron chi connectivity index (χ4n) is 1.68. The second-order valence-electron chi connectivity index (χ2n) is 4.73. The average molecular weight is 315 g/mol. The topological polar surface area (TPSA) is 72.9 Å². The summed E-state index contributed by atoms with van der Waals surface area (Å²) in [7, 11) is -1.10. The van der Waals surface area contributed by atoms with E-state index in [1.54, 1.807) is 12.1 Å². The number of carbonyl (C=O) groups excluding carboxylic acids is 1. The number of hydrogen-bond acceptors (Lipinski definition) is 5. The zero-order valence-corrected chi connectivity index (χ0v) is 13.5. The van der Waals surface area contributed by atoms with Gasteiger partial charge < -0.3 is 9.47 Å². The lowest BCUT2D eigenvalue weighted by Gasteiger charge is -2.19. The Kier molecular flexibility index (Phi) is 6.32. The molecule has 21 heavy (non-hydrogen) atoms. The molecule has 0 bridgehead atoms. The molecule has 0 atom stereocenters. The molecule has 0 heterocycles. The molecule has 1 aromatic rings. The molecule has 1 rings (SSSR count). The van der Waals surface area contributed by atoms with Gasteiger partial charge >= 0.3 is 5.97 Å². The highest BCUT2D eigenvalue weighted by molar-refractivity contribution is 7.89. The number of sulfonamides is 1. The van der Waals surface area contributed by atoms with Crippen LogP contribution in [0.4, 0.5) is 0 Å². The molecule has 6 nitrogen and oxygen atoms in total. The predicted octanol–water partition coefficient (Wildman–Crippen LogP) is 1.52. The highest BCUT2D eigenvalue weighted by Crippen LogP contribution is 2.19. The van der Waals surface area contributed by atoms with Gasteiger partial charge in [-0.05, 0) is 26.0 Å². The van der Waals surface area contributed by atoms with Gasteiger partial charge in [0.05, 0.1) is 30.3 Å². The van der Waals surface area contributed by atoms with E-state index in [1.165, 1.54) is 26.3 Å². The van der Waals surface area contributed by atoms with Crippen LogP contribution in [0.2, 0.25) is 0 Å². The SMILES string of the molecule is COC(=O)c1ccccc1S(=O)(=O)N(C)CCOC(C)C. The first-order valence-corrected chi connectivity index (χ1v) is 8.00. The zero-order chi connectivity index (χ0) is 16.0. The summed E-state index contributed by atoms with van der Waals surface area (Å²) >= 11 is 0. The Hall–Kier alpha value is -1.44. The molecule has 0 saturated carbocycles. The summed E-state index contributed by atoms with van der Waals surface area (Å²) in [6.45, 7) is 4.24. The van der Waals surface area contributed by atoms with Crippen LogP contribution in [0, 0.1) is 0 Å². The maximum Gasteiger partial charge on any atom is 0.339 e. The first kappa shape index (κ1) is 17.6. The van der Waals surface area contributed by atoms with Crippen molar-refractivity contribution >= 4 is 16.0 Å². The number of likely N-dealkylation sites (N-methyl/N-ethyl adjacent to an activating group) is 1. The molecule has 0 N–H and O–H groups in total. The smallest absolute Gasteiger partial charge is 0.339 e. The fourth-order valence-corrected chi connectivity index (χ4v) is 3.01. The molecule has 1 aromatic carbocycles. The van der Waals surface area contributed by atoms with E-state index in [9.17, 15) is 13.2 Å². The van der Waals surface area contributed by atoms with E-state index in [2.05, 4.69) is 4.74 Å². The van der Waals surface area contributed by atoms with Gasteiger partial charge in [-0.3, -0.25) is 0 Å². The van der Waals surface area contributed by atoms with Gasteiger partial charge in [0.25, 0.3) is 0 Å². The summed E-state index contributed by atoms with van der Waals surface area (Å²) in [5.74, 6) is -0.680. The maximum absolute atomic E-state index is 12.5. The van der Waals surface area contributed by atoms with Crippen LogP contribution in [0.15, 0.2) is 29.2 Å². The first-order valence-electron chi connectivity index (χ1n) is 6.56. The quantitative estimate of drug-likeness (QED) is 0.713. The van der Waals surface area contributed by atoms with Gasteiger partial charge in [-0.15, -0.1) is 0 Å². The second-order valence-corrected chi connectivity index (χ2v) is 6.75. The molecule has 0 spiro atoms. The van der Waals surface area contributed by atoms with Crippen molar-refractivity contribution in [3.05, 3.63) is 29.8 Å². The lowest BCUT2D eigenvalue weighted by molar-refractivity contribution is 0.0596. The molecule has 0 aliphatic carbocycles. The van der Waals surface area contributed by atoms with Crippen molar-refractivity contribution in [2.45, 2.75) is 24.8 Å². The molecule has 0 amide bonds. The van der Waals surface area contributed by atoms with Crippen LogP contribution in [-0.2, 0) is 19.5 Å². The third kappa shape index (κ3) is 4.52. The lowest BCUT2D eigenvalue weighted by Crippen LogP contribution is -2.32. The highest BCUT2D eigenvalue weighted by atomic mass is 32.2. The minimum atomic E-state index is -3.77. The zero-order valence-electron chi connectivity index (χ0n) is 12.7. The van der Waals surface area contributed by atoms with Gasteiger partial charge in [-0.1, -0.05) is 12.1 Å². The molecule has 0 saturated heterocycles. The number of carbonyl (C=O) groups is 1. The highest BCUT2D eigenvalue weighted by Gasteiger charge is 2.26. The predicted molar refractivity (Wildman–Crippen MR) is 78.7 cm³/mol. The minimum Gasteiger partial charge on any atom is -0.465 e. The lowest BCUT2D eigenvalue weighted by atomic mass is 10.2. The van der Waals surface area contributed by atoms with Gasteiger partial charge in [-0.25, -0.2) is 13.2 Å². The van der Waals surface area contributed by atoms with Crippen LogP contribution < -0.4 is 0 Å². The summed E-state index contributed by atoms with van der Waals surface area (Å²) < 4.78 is 36.1. The Morgan fingerprint density at radius 3 is 2.48 bits per heavy atom. The molecule has 0 unspecified atom stereocenters. The Balaban J connectivity index is 3.00. The van der Waals surface area contributed by atoms with Gasteiger partial charge in [0.15, 0.2) is 0 Å². The van der Waals surface area contributed by atoms with Gasteiger partial charge in [0, 0.05) is 13.6 Å². The maximum atomic E-state index is 12.5. The molecule has 0 radical (unpaired) electrons. The molecule has 118 valence electrons. The molecular weight excluding hydrogens is 294 g/mol. The number of rotatable bonds is 7. The number of benzene rings is 1. The molecule has 7 heteroatoms. The van der Waals surface area contributed by atoms with E-state index in [4.69, 9.17) is 4.74 Å². The summed E-state index contributed by atoms with van der Waals surface area (Å²) in [5, 5.41) is 0. The first-order chi connectivity index (χ1) is 9.80. The monoisotopic (exact) mass is 315 g/mol. The Morgan fingerprint density at radius 2 is 1.90 bits per heavy atom. The standard InChI is InChI=1S/C14H21NO5S/c1-11(2)20-10-9-15(3)21(17,18)13-8-6-5-7-12(13)14(16)19-4/h5-8,11H,9-10H2,1-4H3. The fraction of sp³-hybridized carbons (Fsp3) is 0.500. The van der Waals surface area contributed by atoms with Gasteiger partial charge in [-0.2, -0.15) is 4.31 Å². The largest absolute Gasteiger partial charge is 0.465 e.